The highest BCUT2D eigenvalue weighted by molar-refractivity contribution is 5.92. The van der Waals surface area contributed by atoms with Gasteiger partial charge in [0.25, 0.3) is 5.91 Å². The SMILES string of the molecule is CNCCCN(C)C(=O)c1cccn1C(C)C. The van der Waals surface area contributed by atoms with E-state index in [2.05, 4.69) is 19.2 Å². The van der Waals surface area contributed by atoms with Crippen molar-refractivity contribution in [1.82, 2.24) is 14.8 Å². The van der Waals surface area contributed by atoms with E-state index in [4.69, 9.17) is 0 Å². The normalized spacial score (nSPS) is 10.9. The van der Waals surface area contributed by atoms with E-state index in [1.807, 2.05) is 37.0 Å². The maximum absolute atomic E-state index is 12.2. The third kappa shape index (κ3) is 3.60. The van der Waals surface area contributed by atoms with Gasteiger partial charge in [-0.2, -0.15) is 0 Å². The lowest BCUT2D eigenvalue weighted by Crippen LogP contribution is -2.31. The monoisotopic (exact) mass is 237 g/mol. The van der Waals surface area contributed by atoms with E-state index in [-0.39, 0.29) is 5.91 Å². The van der Waals surface area contributed by atoms with E-state index in [0.717, 1.165) is 25.2 Å². The molecule has 0 bridgehead atoms. The van der Waals surface area contributed by atoms with E-state index >= 15 is 0 Å². The largest absolute Gasteiger partial charge is 0.341 e. The van der Waals surface area contributed by atoms with Gasteiger partial charge in [0, 0.05) is 25.8 Å². The molecule has 0 atom stereocenters. The summed E-state index contributed by atoms with van der Waals surface area (Å²) >= 11 is 0. The summed E-state index contributed by atoms with van der Waals surface area (Å²) in [6.07, 6.45) is 2.93. The molecule has 1 aromatic rings. The van der Waals surface area contributed by atoms with Gasteiger partial charge in [0.2, 0.25) is 0 Å². The van der Waals surface area contributed by atoms with Crippen molar-refractivity contribution in [3.05, 3.63) is 24.0 Å². The number of nitrogens with zero attached hydrogens (tertiary/aromatic N) is 2. The van der Waals surface area contributed by atoms with Crippen molar-refractivity contribution in [2.24, 2.45) is 0 Å². The lowest BCUT2D eigenvalue weighted by molar-refractivity contribution is 0.0781. The van der Waals surface area contributed by atoms with Gasteiger partial charge in [0.1, 0.15) is 5.69 Å². The molecule has 0 spiro atoms. The van der Waals surface area contributed by atoms with Gasteiger partial charge < -0.3 is 14.8 Å². The maximum atomic E-state index is 12.2. The highest BCUT2D eigenvalue weighted by Gasteiger charge is 2.16. The molecule has 0 aliphatic heterocycles. The predicted molar refractivity (Wildman–Crippen MR) is 70.3 cm³/mol. The molecule has 4 heteroatoms. The van der Waals surface area contributed by atoms with Crippen molar-refractivity contribution < 1.29 is 4.79 Å². The van der Waals surface area contributed by atoms with Crippen LogP contribution in [0.4, 0.5) is 0 Å². The van der Waals surface area contributed by atoms with Crippen LogP contribution in [0.2, 0.25) is 0 Å². The molecule has 0 saturated carbocycles. The lowest BCUT2D eigenvalue weighted by atomic mass is 10.3. The Morgan fingerprint density at radius 2 is 2.24 bits per heavy atom. The minimum absolute atomic E-state index is 0.0970. The molecular formula is C13H23N3O. The van der Waals surface area contributed by atoms with Crippen molar-refractivity contribution in [2.45, 2.75) is 26.3 Å². The second-order valence-electron chi connectivity index (χ2n) is 4.58. The van der Waals surface area contributed by atoms with Gasteiger partial charge in [0.15, 0.2) is 0 Å². The zero-order valence-electron chi connectivity index (χ0n) is 11.2. The van der Waals surface area contributed by atoms with Crippen molar-refractivity contribution in [1.29, 1.82) is 0 Å². The molecule has 0 saturated heterocycles. The number of nitrogens with one attached hydrogen (secondary N) is 1. The third-order valence-electron chi connectivity index (χ3n) is 2.82. The average molecular weight is 237 g/mol. The second kappa shape index (κ2) is 6.45. The first-order chi connectivity index (χ1) is 8.07. The minimum atomic E-state index is 0.0970. The van der Waals surface area contributed by atoms with Gasteiger partial charge in [0.05, 0.1) is 0 Å². The van der Waals surface area contributed by atoms with E-state index in [1.165, 1.54) is 0 Å². The Labute approximate surface area is 104 Å². The Morgan fingerprint density at radius 3 is 2.82 bits per heavy atom. The fourth-order valence-electron chi connectivity index (χ4n) is 1.82. The standard InChI is InChI=1S/C13H23N3O/c1-11(2)16-10-5-7-12(16)13(17)15(4)9-6-8-14-3/h5,7,10-11,14H,6,8-9H2,1-4H3. The van der Waals surface area contributed by atoms with Crippen LogP contribution in [-0.2, 0) is 0 Å². The number of hydrogen-bond acceptors (Lipinski definition) is 2. The van der Waals surface area contributed by atoms with Crippen molar-refractivity contribution in [3.63, 3.8) is 0 Å². The van der Waals surface area contributed by atoms with E-state index in [1.54, 1.807) is 4.90 Å². The van der Waals surface area contributed by atoms with Gasteiger partial charge in [-0.15, -0.1) is 0 Å². The lowest BCUT2D eigenvalue weighted by Gasteiger charge is -2.19. The smallest absolute Gasteiger partial charge is 0.270 e. The molecule has 0 radical (unpaired) electrons. The zero-order chi connectivity index (χ0) is 12.8. The summed E-state index contributed by atoms with van der Waals surface area (Å²) in [6.45, 7) is 5.88. The molecule has 1 heterocycles. The molecule has 0 aromatic carbocycles. The Morgan fingerprint density at radius 1 is 1.53 bits per heavy atom. The summed E-state index contributed by atoms with van der Waals surface area (Å²) in [5.41, 5.74) is 0.770. The van der Waals surface area contributed by atoms with Gasteiger partial charge in [-0.1, -0.05) is 0 Å². The Kier molecular flexibility index (Phi) is 5.22. The van der Waals surface area contributed by atoms with Crippen molar-refractivity contribution >= 4 is 5.91 Å². The topological polar surface area (TPSA) is 37.3 Å². The fourth-order valence-corrected chi connectivity index (χ4v) is 1.82. The molecule has 17 heavy (non-hydrogen) atoms. The van der Waals surface area contributed by atoms with Gasteiger partial charge in [-0.3, -0.25) is 4.79 Å². The molecule has 1 N–H and O–H groups in total. The first-order valence-electron chi connectivity index (χ1n) is 6.14. The summed E-state index contributed by atoms with van der Waals surface area (Å²) in [5, 5.41) is 3.08. The second-order valence-corrected chi connectivity index (χ2v) is 4.58. The van der Waals surface area contributed by atoms with Crippen LogP contribution in [0.1, 0.15) is 36.8 Å². The van der Waals surface area contributed by atoms with Crippen molar-refractivity contribution in [3.8, 4) is 0 Å². The van der Waals surface area contributed by atoms with Gasteiger partial charge in [-0.05, 0) is 46.0 Å². The summed E-state index contributed by atoms with van der Waals surface area (Å²) < 4.78 is 2.01. The Balaban J connectivity index is 2.65. The van der Waals surface area contributed by atoms with Crippen molar-refractivity contribution in [2.75, 3.05) is 27.2 Å². The summed E-state index contributed by atoms with van der Waals surface area (Å²) in [4.78, 5) is 14.0. The van der Waals surface area contributed by atoms with E-state index in [9.17, 15) is 4.79 Å². The first kappa shape index (κ1) is 13.8. The predicted octanol–water partition coefficient (Wildman–Crippen LogP) is 1.75. The Bertz CT molecular complexity index is 357. The zero-order valence-corrected chi connectivity index (χ0v) is 11.2. The van der Waals surface area contributed by atoms with Crippen LogP contribution in [0.3, 0.4) is 0 Å². The van der Waals surface area contributed by atoms with Gasteiger partial charge >= 0.3 is 0 Å². The summed E-state index contributed by atoms with van der Waals surface area (Å²) in [7, 11) is 3.78. The summed E-state index contributed by atoms with van der Waals surface area (Å²) in [5.74, 6) is 0.0970. The van der Waals surface area contributed by atoms with Crippen LogP contribution >= 0.6 is 0 Å². The summed E-state index contributed by atoms with van der Waals surface area (Å²) in [6, 6.07) is 4.13. The molecule has 1 rings (SSSR count). The molecule has 0 fully saturated rings. The molecule has 1 aromatic heterocycles. The van der Waals surface area contributed by atoms with Crippen LogP contribution in [0.25, 0.3) is 0 Å². The molecule has 0 aliphatic rings. The number of hydrogen-bond donors (Lipinski definition) is 1. The first-order valence-corrected chi connectivity index (χ1v) is 6.14. The quantitative estimate of drug-likeness (QED) is 0.765. The van der Waals surface area contributed by atoms with E-state index < -0.39 is 0 Å². The van der Waals surface area contributed by atoms with Crippen LogP contribution in [0.5, 0.6) is 0 Å². The van der Waals surface area contributed by atoms with Crippen LogP contribution in [0, 0.1) is 0 Å². The number of rotatable bonds is 6. The average Bonchev–Trinajstić information content (AvgIpc) is 2.77. The molecule has 96 valence electrons. The van der Waals surface area contributed by atoms with Crippen LogP contribution in [0.15, 0.2) is 18.3 Å². The molecule has 1 amide bonds. The molecule has 0 aliphatic carbocycles. The van der Waals surface area contributed by atoms with Gasteiger partial charge in [-0.25, -0.2) is 0 Å². The number of aromatic nitrogens is 1. The number of amides is 1. The highest BCUT2D eigenvalue weighted by atomic mass is 16.2. The molecular weight excluding hydrogens is 214 g/mol. The fraction of sp³-hybridized carbons (Fsp3) is 0.615. The Hall–Kier alpha value is -1.29. The third-order valence-corrected chi connectivity index (χ3v) is 2.82. The highest BCUT2D eigenvalue weighted by Crippen LogP contribution is 2.12. The van der Waals surface area contributed by atoms with Crippen LogP contribution < -0.4 is 5.32 Å². The number of carbonyl (C=O) groups excluding carboxylic acids is 1. The van der Waals surface area contributed by atoms with Crippen LogP contribution in [-0.4, -0.2) is 42.6 Å². The maximum Gasteiger partial charge on any atom is 0.270 e. The molecule has 4 nitrogen and oxygen atoms in total. The molecule has 0 unspecified atom stereocenters. The van der Waals surface area contributed by atoms with E-state index in [0.29, 0.717) is 6.04 Å². The number of carbonyl (C=O) groups is 1. The minimum Gasteiger partial charge on any atom is -0.341 e.